The highest BCUT2D eigenvalue weighted by Crippen LogP contribution is 2.34. The Hall–Kier alpha value is -3.78. The van der Waals surface area contributed by atoms with E-state index in [-0.39, 0.29) is 0 Å². The molecule has 0 atom stereocenters. The number of hydrogen-bond donors (Lipinski definition) is 0. The van der Waals surface area contributed by atoms with E-state index in [0.29, 0.717) is 5.16 Å². The van der Waals surface area contributed by atoms with E-state index in [2.05, 4.69) is 38.1 Å². The molecule has 0 N–H and O–H groups in total. The van der Waals surface area contributed by atoms with E-state index in [0.717, 1.165) is 44.3 Å². The monoisotopic (exact) mass is 426 g/mol. The average Bonchev–Trinajstić information content (AvgIpc) is 3.23. The molecular weight excluding hydrogens is 408 g/mol. The molecule has 0 aliphatic carbocycles. The molecule has 0 unspecified atom stereocenters. The first-order valence-corrected chi connectivity index (χ1v) is 10.4. The van der Waals surface area contributed by atoms with Crippen molar-refractivity contribution in [3.05, 3.63) is 78.9 Å². The van der Waals surface area contributed by atoms with Gasteiger partial charge in [-0.05, 0) is 67.2 Å². The molecule has 5 rings (SSSR count). The minimum Gasteiger partial charge on any atom is -0.497 e. The van der Waals surface area contributed by atoms with Gasteiger partial charge in [-0.25, -0.2) is 9.97 Å². The Bertz CT molecular complexity index is 1350. The number of aryl methyl sites for hydroxylation is 1. The maximum atomic E-state index is 5.32. The third-order valence-corrected chi connectivity index (χ3v) is 5.81. The Morgan fingerprint density at radius 3 is 2.48 bits per heavy atom. The summed E-state index contributed by atoms with van der Waals surface area (Å²) in [5.74, 6) is 1.51. The van der Waals surface area contributed by atoms with Crippen molar-refractivity contribution in [1.82, 2.24) is 29.7 Å². The lowest BCUT2D eigenvalue weighted by Gasteiger charge is -2.11. The zero-order valence-corrected chi connectivity index (χ0v) is 17.7. The van der Waals surface area contributed by atoms with Crippen molar-refractivity contribution in [2.24, 2.45) is 0 Å². The summed E-state index contributed by atoms with van der Waals surface area (Å²) in [7, 11) is 1.65. The topological polar surface area (TPSA) is 78.6 Å². The first kappa shape index (κ1) is 19.2. The van der Waals surface area contributed by atoms with Gasteiger partial charge in [-0.2, -0.15) is 0 Å². The lowest BCUT2D eigenvalue weighted by Crippen LogP contribution is -2.00. The zero-order valence-electron chi connectivity index (χ0n) is 16.9. The van der Waals surface area contributed by atoms with Crippen molar-refractivity contribution in [2.45, 2.75) is 17.1 Å². The maximum absolute atomic E-state index is 5.32. The summed E-state index contributed by atoms with van der Waals surface area (Å²) in [5.41, 5.74) is 3.90. The van der Waals surface area contributed by atoms with E-state index in [9.17, 15) is 0 Å². The number of nitrogens with zero attached hydrogens (tertiary/aromatic N) is 6. The molecule has 0 saturated heterocycles. The lowest BCUT2D eigenvalue weighted by molar-refractivity contribution is 0.414. The van der Waals surface area contributed by atoms with Crippen LogP contribution in [0.2, 0.25) is 0 Å². The predicted octanol–water partition coefficient (Wildman–Crippen LogP) is 4.74. The molecule has 0 radical (unpaired) electrons. The van der Waals surface area contributed by atoms with Crippen LogP contribution in [0.4, 0.5) is 0 Å². The summed E-state index contributed by atoms with van der Waals surface area (Å²) >= 11 is 1.46. The lowest BCUT2D eigenvalue weighted by atomic mass is 10.2. The standard InChI is InChI=1S/C23H18N6OS/c1-15-3-8-20-19(13-15)22(26-14-25-20)31-23-28-27-21(16-9-11-24-12-10-16)29(23)17-4-6-18(30-2)7-5-17/h3-14H,1-2H3. The van der Waals surface area contributed by atoms with E-state index in [4.69, 9.17) is 4.74 Å². The third kappa shape index (κ3) is 3.73. The number of aromatic nitrogens is 6. The molecule has 5 aromatic rings. The van der Waals surface area contributed by atoms with Gasteiger partial charge in [0.2, 0.25) is 5.16 Å². The van der Waals surface area contributed by atoms with Crippen LogP contribution in [-0.2, 0) is 0 Å². The van der Waals surface area contributed by atoms with Crippen LogP contribution < -0.4 is 4.74 Å². The first-order valence-electron chi connectivity index (χ1n) is 9.62. The Morgan fingerprint density at radius 1 is 0.903 bits per heavy atom. The highest BCUT2D eigenvalue weighted by atomic mass is 32.2. The van der Waals surface area contributed by atoms with Gasteiger partial charge in [0.1, 0.15) is 17.1 Å². The maximum Gasteiger partial charge on any atom is 0.202 e. The van der Waals surface area contributed by atoms with Crippen molar-refractivity contribution >= 4 is 22.7 Å². The van der Waals surface area contributed by atoms with Gasteiger partial charge in [0.05, 0.1) is 18.3 Å². The quantitative estimate of drug-likeness (QED) is 0.376. The predicted molar refractivity (Wildman–Crippen MR) is 120 cm³/mol. The second-order valence-corrected chi connectivity index (χ2v) is 7.83. The fourth-order valence-electron chi connectivity index (χ4n) is 3.30. The molecule has 0 aliphatic rings. The highest BCUT2D eigenvalue weighted by molar-refractivity contribution is 7.99. The van der Waals surface area contributed by atoms with E-state index < -0.39 is 0 Å². The van der Waals surface area contributed by atoms with Gasteiger partial charge in [0, 0.05) is 23.3 Å². The summed E-state index contributed by atoms with van der Waals surface area (Å²) in [4.78, 5) is 13.0. The van der Waals surface area contributed by atoms with Crippen molar-refractivity contribution < 1.29 is 4.74 Å². The van der Waals surface area contributed by atoms with Crippen LogP contribution in [0, 0.1) is 6.92 Å². The Labute approximate surface area is 183 Å². The van der Waals surface area contributed by atoms with Crippen LogP contribution in [0.5, 0.6) is 5.75 Å². The van der Waals surface area contributed by atoms with Gasteiger partial charge in [0.25, 0.3) is 0 Å². The van der Waals surface area contributed by atoms with Gasteiger partial charge >= 0.3 is 0 Å². The largest absolute Gasteiger partial charge is 0.497 e. The number of fused-ring (bicyclic) bond motifs is 1. The van der Waals surface area contributed by atoms with E-state index in [1.165, 1.54) is 11.8 Å². The Balaban J connectivity index is 1.66. The number of rotatable bonds is 5. The molecule has 152 valence electrons. The number of methoxy groups -OCH3 is 1. The Morgan fingerprint density at radius 2 is 1.71 bits per heavy atom. The molecule has 2 aromatic carbocycles. The third-order valence-electron chi connectivity index (χ3n) is 4.84. The normalized spacial score (nSPS) is 11.0. The molecule has 3 heterocycles. The van der Waals surface area contributed by atoms with Crippen molar-refractivity contribution in [3.8, 4) is 22.8 Å². The van der Waals surface area contributed by atoms with Gasteiger partial charge < -0.3 is 4.74 Å². The van der Waals surface area contributed by atoms with E-state index in [1.54, 1.807) is 25.8 Å². The number of pyridine rings is 1. The molecule has 8 heteroatoms. The number of ether oxygens (including phenoxy) is 1. The molecule has 3 aromatic heterocycles. The van der Waals surface area contributed by atoms with Crippen LogP contribution in [0.1, 0.15) is 5.56 Å². The molecular formula is C23H18N6OS. The molecule has 0 aliphatic heterocycles. The summed E-state index contributed by atoms with van der Waals surface area (Å²) in [6, 6.07) is 17.8. The Kier molecular flexibility index (Phi) is 5.05. The van der Waals surface area contributed by atoms with Crippen LogP contribution in [0.15, 0.2) is 83.5 Å². The van der Waals surface area contributed by atoms with E-state index in [1.807, 2.05) is 53.1 Å². The SMILES string of the molecule is COc1ccc(-n2c(Sc3ncnc4ccc(C)cc34)nnc2-c2ccncc2)cc1. The molecule has 0 amide bonds. The minimum absolute atomic E-state index is 0.707. The molecule has 0 saturated carbocycles. The summed E-state index contributed by atoms with van der Waals surface area (Å²) in [6.45, 7) is 2.06. The molecule has 31 heavy (non-hydrogen) atoms. The van der Waals surface area contributed by atoms with Gasteiger partial charge in [-0.1, -0.05) is 11.6 Å². The van der Waals surface area contributed by atoms with Crippen LogP contribution in [-0.4, -0.2) is 36.8 Å². The average molecular weight is 427 g/mol. The first-order chi connectivity index (χ1) is 15.2. The molecule has 0 fully saturated rings. The van der Waals surface area contributed by atoms with Crippen molar-refractivity contribution in [2.75, 3.05) is 7.11 Å². The highest BCUT2D eigenvalue weighted by Gasteiger charge is 2.18. The van der Waals surface area contributed by atoms with Gasteiger partial charge in [-0.3, -0.25) is 9.55 Å². The van der Waals surface area contributed by atoms with Crippen molar-refractivity contribution in [1.29, 1.82) is 0 Å². The smallest absolute Gasteiger partial charge is 0.202 e. The zero-order chi connectivity index (χ0) is 21.2. The molecule has 0 spiro atoms. The van der Waals surface area contributed by atoms with Crippen molar-refractivity contribution in [3.63, 3.8) is 0 Å². The van der Waals surface area contributed by atoms with Gasteiger partial charge in [0.15, 0.2) is 5.82 Å². The number of hydrogen-bond acceptors (Lipinski definition) is 7. The summed E-state index contributed by atoms with van der Waals surface area (Å²) in [5, 5.41) is 11.5. The second kappa shape index (κ2) is 8.16. The number of benzene rings is 2. The molecule has 7 nitrogen and oxygen atoms in total. The van der Waals surface area contributed by atoms with Crippen LogP contribution in [0.3, 0.4) is 0 Å². The minimum atomic E-state index is 0.707. The second-order valence-electron chi connectivity index (χ2n) is 6.88. The van der Waals surface area contributed by atoms with Crippen LogP contribution >= 0.6 is 11.8 Å². The van der Waals surface area contributed by atoms with Crippen LogP contribution in [0.25, 0.3) is 28.0 Å². The van der Waals surface area contributed by atoms with Gasteiger partial charge in [-0.15, -0.1) is 10.2 Å². The van der Waals surface area contributed by atoms with E-state index >= 15 is 0 Å². The molecule has 0 bridgehead atoms. The fraction of sp³-hybridized carbons (Fsp3) is 0.0870. The summed E-state index contributed by atoms with van der Waals surface area (Å²) < 4.78 is 7.33. The summed E-state index contributed by atoms with van der Waals surface area (Å²) in [6.07, 6.45) is 5.07. The fourth-order valence-corrected chi connectivity index (χ4v) is 4.21.